The van der Waals surface area contributed by atoms with E-state index in [0.717, 1.165) is 27.5 Å². The predicted molar refractivity (Wildman–Crippen MR) is 96.2 cm³/mol. The third kappa shape index (κ3) is 2.15. The van der Waals surface area contributed by atoms with Crippen LogP contribution >= 0.6 is 0 Å². The van der Waals surface area contributed by atoms with Crippen LogP contribution in [0.15, 0.2) is 67.0 Å². The lowest BCUT2D eigenvalue weighted by Gasteiger charge is -2.12. The zero-order valence-corrected chi connectivity index (χ0v) is 13.6. The van der Waals surface area contributed by atoms with Crippen molar-refractivity contribution in [3.63, 3.8) is 0 Å². The van der Waals surface area contributed by atoms with Crippen molar-refractivity contribution in [2.45, 2.75) is 0 Å². The van der Waals surface area contributed by atoms with Gasteiger partial charge in [0.1, 0.15) is 6.33 Å². The number of hydrogen-bond donors (Lipinski definition) is 0. The van der Waals surface area contributed by atoms with Crippen molar-refractivity contribution in [1.82, 2.24) is 14.3 Å². The smallest absolute Gasteiger partial charge is 0.274 e. The van der Waals surface area contributed by atoms with Gasteiger partial charge < -0.3 is 4.90 Å². The molecule has 0 atom stereocenters. The molecule has 0 aliphatic heterocycles. The van der Waals surface area contributed by atoms with Crippen LogP contribution in [0.3, 0.4) is 0 Å². The van der Waals surface area contributed by atoms with Gasteiger partial charge in [0, 0.05) is 19.5 Å². The van der Waals surface area contributed by atoms with Crippen molar-refractivity contribution in [2.24, 2.45) is 0 Å². The first-order chi connectivity index (χ1) is 11.7. The van der Waals surface area contributed by atoms with Gasteiger partial charge in [-0.05, 0) is 23.3 Å². The van der Waals surface area contributed by atoms with Crippen molar-refractivity contribution in [3.8, 4) is 11.1 Å². The molecule has 24 heavy (non-hydrogen) atoms. The summed E-state index contributed by atoms with van der Waals surface area (Å²) in [7, 11) is 3.49. The molecule has 0 radical (unpaired) electrons. The number of nitrogens with zero attached hydrogens (tertiary/aromatic N) is 3. The summed E-state index contributed by atoms with van der Waals surface area (Å²) in [5.74, 6) is -0.0909. The van der Waals surface area contributed by atoms with Gasteiger partial charge in [-0.1, -0.05) is 48.5 Å². The number of carbonyl (C=O) groups excluding carboxylic acids is 1. The summed E-state index contributed by atoms with van der Waals surface area (Å²) in [5, 5.41) is 1.14. The lowest BCUT2D eigenvalue weighted by molar-refractivity contribution is 0.0824. The van der Waals surface area contributed by atoms with Crippen molar-refractivity contribution in [2.75, 3.05) is 14.1 Å². The minimum absolute atomic E-state index is 0.0909. The zero-order chi connectivity index (χ0) is 16.7. The normalized spacial score (nSPS) is 11.1. The van der Waals surface area contributed by atoms with E-state index >= 15 is 0 Å². The number of para-hydroxylation sites is 1. The van der Waals surface area contributed by atoms with Crippen LogP contribution in [-0.4, -0.2) is 34.3 Å². The fourth-order valence-electron chi connectivity index (χ4n) is 3.05. The van der Waals surface area contributed by atoms with Crippen molar-refractivity contribution in [3.05, 3.63) is 72.7 Å². The Balaban J connectivity index is 2.10. The molecule has 0 fully saturated rings. The Morgan fingerprint density at radius 3 is 2.42 bits per heavy atom. The molecule has 4 nitrogen and oxygen atoms in total. The van der Waals surface area contributed by atoms with E-state index in [1.165, 1.54) is 0 Å². The number of hydrogen-bond acceptors (Lipinski definition) is 2. The predicted octanol–water partition coefficient (Wildman–Crippen LogP) is 3.86. The summed E-state index contributed by atoms with van der Waals surface area (Å²) >= 11 is 0. The molecule has 4 aromatic rings. The molecule has 0 aliphatic rings. The number of carbonyl (C=O) groups is 1. The number of imidazole rings is 1. The zero-order valence-electron chi connectivity index (χ0n) is 13.6. The molecule has 0 N–H and O–H groups in total. The second-order valence-electron chi connectivity index (χ2n) is 5.99. The van der Waals surface area contributed by atoms with Crippen LogP contribution < -0.4 is 0 Å². The monoisotopic (exact) mass is 315 g/mol. The third-order valence-corrected chi connectivity index (χ3v) is 4.23. The molecular formula is C20H17N3O. The highest BCUT2D eigenvalue weighted by atomic mass is 16.2. The van der Waals surface area contributed by atoms with Crippen molar-refractivity contribution in [1.29, 1.82) is 0 Å². The second-order valence-corrected chi connectivity index (χ2v) is 5.99. The van der Waals surface area contributed by atoms with Gasteiger partial charge >= 0.3 is 0 Å². The van der Waals surface area contributed by atoms with Crippen LogP contribution in [0.2, 0.25) is 0 Å². The first kappa shape index (κ1) is 14.5. The fraction of sp³-hybridized carbons (Fsp3) is 0.100. The second kappa shape index (κ2) is 5.49. The Labute approximate surface area is 140 Å². The molecule has 0 spiro atoms. The minimum atomic E-state index is -0.0909. The van der Waals surface area contributed by atoms with Crippen LogP contribution in [0, 0.1) is 0 Å². The average Bonchev–Trinajstić information content (AvgIpc) is 3.05. The summed E-state index contributed by atoms with van der Waals surface area (Å²) < 4.78 is 1.98. The van der Waals surface area contributed by atoms with Gasteiger partial charge in [0.15, 0.2) is 5.69 Å². The van der Waals surface area contributed by atoms with Gasteiger partial charge in [0.2, 0.25) is 0 Å². The molecule has 2 aromatic heterocycles. The topological polar surface area (TPSA) is 37.6 Å². The Morgan fingerprint density at radius 1 is 0.958 bits per heavy atom. The van der Waals surface area contributed by atoms with Crippen LogP contribution in [0.1, 0.15) is 10.5 Å². The van der Waals surface area contributed by atoms with Crippen LogP contribution in [0.5, 0.6) is 0 Å². The van der Waals surface area contributed by atoms with Crippen LogP contribution in [0.4, 0.5) is 0 Å². The van der Waals surface area contributed by atoms with Crippen LogP contribution in [0.25, 0.3) is 27.5 Å². The Morgan fingerprint density at radius 2 is 1.67 bits per heavy atom. The third-order valence-electron chi connectivity index (χ3n) is 4.23. The average molecular weight is 315 g/mol. The quantitative estimate of drug-likeness (QED) is 0.563. The maximum absolute atomic E-state index is 12.5. The SMILES string of the molecule is CN(C)C(=O)c1ncn2c1cc(-c1ccccc1)c1ccccc12. The summed E-state index contributed by atoms with van der Waals surface area (Å²) in [6.07, 6.45) is 1.73. The van der Waals surface area contributed by atoms with E-state index in [2.05, 4.69) is 35.3 Å². The van der Waals surface area contributed by atoms with Crippen molar-refractivity contribution < 1.29 is 4.79 Å². The van der Waals surface area contributed by atoms with E-state index in [4.69, 9.17) is 0 Å². The van der Waals surface area contributed by atoms with Gasteiger partial charge in [0.05, 0.1) is 11.0 Å². The van der Waals surface area contributed by atoms with E-state index in [-0.39, 0.29) is 5.91 Å². The van der Waals surface area contributed by atoms with Gasteiger partial charge in [-0.3, -0.25) is 9.20 Å². The Bertz CT molecular complexity index is 1050. The lowest BCUT2D eigenvalue weighted by Crippen LogP contribution is -2.22. The van der Waals surface area contributed by atoms with E-state index in [9.17, 15) is 4.79 Å². The van der Waals surface area contributed by atoms with Gasteiger partial charge in [-0.25, -0.2) is 4.98 Å². The van der Waals surface area contributed by atoms with Gasteiger partial charge in [0.25, 0.3) is 5.91 Å². The number of pyridine rings is 1. The molecule has 1 amide bonds. The highest BCUT2D eigenvalue weighted by Crippen LogP contribution is 2.31. The summed E-state index contributed by atoms with van der Waals surface area (Å²) in [5.41, 5.74) is 4.57. The number of amides is 1. The maximum Gasteiger partial charge on any atom is 0.274 e. The maximum atomic E-state index is 12.5. The highest BCUT2D eigenvalue weighted by molar-refractivity contribution is 6.04. The Kier molecular flexibility index (Phi) is 3.31. The number of fused-ring (bicyclic) bond motifs is 3. The number of benzene rings is 2. The molecule has 0 unspecified atom stereocenters. The van der Waals surface area contributed by atoms with Crippen LogP contribution in [-0.2, 0) is 0 Å². The summed E-state index contributed by atoms with van der Waals surface area (Å²) in [6.45, 7) is 0. The minimum Gasteiger partial charge on any atom is -0.343 e. The van der Waals surface area contributed by atoms with E-state index in [1.807, 2.05) is 34.7 Å². The first-order valence-corrected chi connectivity index (χ1v) is 7.82. The Hall–Kier alpha value is -3.14. The largest absolute Gasteiger partial charge is 0.343 e. The molecule has 0 aliphatic carbocycles. The van der Waals surface area contributed by atoms with Crippen molar-refractivity contribution >= 4 is 22.3 Å². The van der Waals surface area contributed by atoms with E-state index < -0.39 is 0 Å². The molecule has 0 saturated heterocycles. The van der Waals surface area contributed by atoms with Gasteiger partial charge in [-0.15, -0.1) is 0 Å². The van der Waals surface area contributed by atoms with E-state index in [0.29, 0.717) is 5.69 Å². The molecule has 2 heterocycles. The summed E-state index contributed by atoms with van der Waals surface area (Å²) in [4.78, 5) is 18.4. The first-order valence-electron chi connectivity index (χ1n) is 7.82. The molecule has 0 saturated carbocycles. The molecule has 118 valence electrons. The molecular weight excluding hydrogens is 298 g/mol. The lowest BCUT2D eigenvalue weighted by atomic mass is 10.00. The van der Waals surface area contributed by atoms with Gasteiger partial charge in [-0.2, -0.15) is 0 Å². The van der Waals surface area contributed by atoms with E-state index in [1.54, 1.807) is 25.3 Å². The highest BCUT2D eigenvalue weighted by Gasteiger charge is 2.18. The number of aromatic nitrogens is 2. The number of rotatable bonds is 2. The molecule has 0 bridgehead atoms. The fourth-order valence-corrected chi connectivity index (χ4v) is 3.05. The summed E-state index contributed by atoms with van der Waals surface area (Å²) in [6, 6.07) is 20.5. The molecule has 4 rings (SSSR count). The molecule has 2 aromatic carbocycles. The molecule has 4 heteroatoms. The standard InChI is InChI=1S/C20H17N3O/c1-22(2)20(24)19-18-12-16(14-8-4-3-5-9-14)15-10-6-7-11-17(15)23(18)13-21-19/h3-13H,1-2H3.